The van der Waals surface area contributed by atoms with Gasteiger partial charge in [0, 0.05) is 62.1 Å². The molecule has 0 radical (unpaired) electrons. The van der Waals surface area contributed by atoms with Crippen molar-refractivity contribution in [1.29, 1.82) is 0 Å². The van der Waals surface area contributed by atoms with Gasteiger partial charge in [0.15, 0.2) is 17.5 Å². The van der Waals surface area contributed by atoms with E-state index in [-0.39, 0.29) is 0 Å². The molecule has 0 N–H and O–H groups in total. The number of hydrogen-bond donors (Lipinski definition) is 0. The number of hydrogen-bond acceptors (Lipinski definition) is 5. The molecule has 0 saturated carbocycles. The molecule has 0 spiro atoms. The number of benzene rings is 7. The first-order valence-electron chi connectivity index (χ1n) is 16.0. The van der Waals surface area contributed by atoms with Crippen LogP contribution in [0.25, 0.3) is 96.4 Å². The summed E-state index contributed by atoms with van der Waals surface area (Å²) in [7, 11) is 0. The van der Waals surface area contributed by atoms with Crippen molar-refractivity contribution in [2.45, 2.75) is 0 Å². The number of rotatable bonds is 4. The van der Waals surface area contributed by atoms with Gasteiger partial charge in [-0.2, -0.15) is 0 Å². The summed E-state index contributed by atoms with van der Waals surface area (Å²) in [6.45, 7) is 0. The Balaban J connectivity index is 1.22. The minimum absolute atomic E-state index is 0.604. The van der Waals surface area contributed by atoms with Crippen LogP contribution in [-0.4, -0.2) is 15.0 Å². The zero-order valence-corrected chi connectivity index (χ0v) is 28.3. The first-order chi connectivity index (χ1) is 24.2. The smallest absolute Gasteiger partial charge is 0.164 e. The lowest BCUT2D eigenvalue weighted by atomic mass is 9.94. The third-order valence-corrected chi connectivity index (χ3v) is 11.7. The lowest BCUT2D eigenvalue weighted by molar-refractivity contribution is 1.07. The summed E-state index contributed by atoms with van der Waals surface area (Å²) in [4.78, 5) is 15.4. The van der Waals surface area contributed by atoms with E-state index in [1.54, 1.807) is 11.3 Å². The average molecular weight is 682 g/mol. The Morgan fingerprint density at radius 2 is 1.08 bits per heavy atom. The fraction of sp³-hybridized carbons (Fsp3) is 0. The van der Waals surface area contributed by atoms with Gasteiger partial charge in [-0.3, -0.25) is 0 Å². The molecule has 7 aromatic carbocycles. The quantitative estimate of drug-likeness (QED) is 0.186. The van der Waals surface area contributed by atoms with Gasteiger partial charge in [0.1, 0.15) is 0 Å². The average Bonchev–Trinajstić information content (AvgIpc) is 3.71. The monoisotopic (exact) mass is 681 g/mol. The maximum Gasteiger partial charge on any atom is 0.164 e. The van der Waals surface area contributed by atoms with E-state index in [0.717, 1.165) is 27.8 Å². The second-order valence-corrected chi connectivity index (χ2v) is 14.8. The molecular formula is C43H24ClN3S2. The van der Waals surface area contributed by atoms with Crippen molar-refractivity contribution >= 4 is 85.4 Å². The Morgan fingerprint density at radius 3 is 1.96 bits per heavy atom. The van der Waals surface area contributed by atoms with Crippen LogP contribution in [0.2, 0.25) is 5.02 Å². The Bertz CT molecular complexity index is 2910. The molecule has 0 aliphatic rings. The summed E-state index contributed by atoms with van der Waals surface area (Å²) >= 11 is 10.4. The van der Waals surface area contributed by atoms with E-state index in [0.29, 0.717) is 22.5 Å². The Hall–Kier alpha value is -5.46. The van der Waals surface area contributed by atoms with Gasteiger partial charge >= 0.3 is 0 Å². The first kappa shape index (κ1) is 28.5. The summed E-state index contributed by atoms with van der Waals surface area (Å²) in [6.07, 6.45) is 0. The topological polar surface area (TPSA) is 38.7 Å². The van der Waals surface area contributed by atoms with Gasteiger partial charge in [-0.1, -0.05) is 96.5 Å². The van der Waals surface area contributed by atoms with Crippen molar-refractivity contribution in [2.75, 3.05) is 0 Å². The van der Waals surface area contributed by atoms with E-state index in [2.05, 4.69) is 97.1 Å². The van der Waals surface area contributed by atoms with Crippen molar-refractivity contribution in [3.05, 3.63) is 151 Å². The Morgan fingerprint density at radius 1 is 0.388 bits per heavy atom. The molecular weight excluding hydrogens is 658 g/mol. The van der Waals surface area contributed by atoms with Crippen LogP contribution < -0.4 is 0 Å². The highest BCUT2D eigenvalue weighted by atomic mass is 35.5. The van der Waals surface area contributed by atoms with E-state index in [4.69, 9.17) is 26.6 Å². The maximum atomic E-state index is 6.77. The normalized spacial score (nSPS) is 11.8. The summed E-state index contributed by atoms with van der Waals surface area (Å²) in [5, 5.41) is 8.02. The van der Waals surface area contributed by atoms with Crippen molar-refractivity contribution in [3.8, 4) is 45.3 Å². The van der Waals surface area contributed by atoms with Gasteiger partial charge in [-0.15, -0.1) is 22.7 Å². The fourth-order valence-electron chi connectivity index (χ4n) is 6.88. The van der Waals surface area contributed by atoms with Crippen molar-refractivity contribution in [1.82, 2.24) is 15.0 Å². The summed E-state index contributed by atoms with van der Waals surface area (Å²) < 4.78 is 5.00. The summed E-state index contributed by atoms with van der Waals surface area (Å²) in [5.74, 6) is 1.86. The molecule has 0 unspecified atom stereocenters. The standard InChI is InChI=1S/C43H24ClN3S2/c44-29-18-19-32(33(24-29)31-14-8-16-38-40(31)35-21-26-11-4-5-12-27(26)23-39(35)49-38)43-46-41(25-9-2-1-3-10-25)45-42(47-43)28-17-20-37-34(22-28)30-13-6-7-15-36(30)48-37/h1-24H. The molecule has 0 atom stereocenters. The first-order valence-corrected chi connectivity index (χ1v) is 18.0. The van der Waals surface area contributed by atoms with Gasteiger partial charge in [-0.05, 0) is 82.6 Å². The molecule has 6 heteroatoms. The van der Waals surface area contributed by atoms with Gasteiger partial charge in [0.2, 0.25) is 0 Å². The van der Waals surface area contributed by atoms with E-state index in [1.807, 2.05) is 59.9 Å². The van der Waals surface area contributed by atoms with Crippen LogP contribution in [-0.2, 0) is 0 Å². The zero-order valence-electron chi connectivity index (χ0n) is 25.9. The van der Waals surface area contributed by atoms with Crippen LogP contribution in [0.4, 0.5) is 0 Å². The molecule has 0 saturated heterocycles. The van der Waals surface area contributed by atoms with Crippen LogP contribution in [0, 0.1) is 0 Å². The van der Waals surface area contributed by atoms with Crippen LogP contribution in [0.15, 0.2) is 146 Å². The molecule has 3 heterocycles. The summed E-state index contributed by atoms with van der Waals surface area (Å²) in [5.41, 5.74) is 4.88. The molecule has 0 bridgehead atoms. The third-order valence-electron chi connectivity index (χ3n) is 9.18. The van der Waals surface area contributed by atoms with Gasteiger partial charge in [0.05, 0.1) is 0 Å². The van der Waals surface area contributed by atoms with Gasteiger partial charge in [-0.25, -0.2) is 15.0 Å². The Labute approximate surface area is 294 Å². The highest BCUT2D eigenvalue weighted by molar-refractivity contribution is 7.26. The molecule has 3 nitrogen and oxygen atoms in total. The van der Waals surface area contributed by atoms with E-state index in [9.17, 15) is 0 Å². The molecule has 3 aromatic heterocycles. The van der Waals surface area contributed by atoms with Crippen molar-refractivity contribution in [2.24, 2.45) is 0 Å². The largest absolute Gasteiger partial charge is 0.208 e. The van der Waals surface area contributed by atoms with E-state index in [1.165, 1.54) is 51.1 Å². The molecule has 49 heavy (non-hydrogen) atoms. The number of nitrogens with zero attached hydrogens (tertiary/aromatic N) is 3. The zero-order chi connectivity index (χ0) is 32.5. The number of aromatic nitrogens is 3. The third kappa shape index (κ3) is 4.81. The molecule has 0 aliphatic heterocycles. The number of thiophene rings is 2. The van der Waals surface area contributed by atoms with E-state index < -0.39 is 0 Å². The lowest BCUT2D eigenvalue weighted by Gasteiger charge is -2.14. The number of halogens is 1. The second kappa shape index (κ2) is 11.3. The van der Waals surface area contributed by atoms with Crippen molar-refractivity contribution in [3.63, 3.8) is 0 Å². The predicted octanol–water partition coefficient (Wildman–Crippen LogP) is 13.1. The molecule has 0 amide bonds. The van der Waals surface area contributed by atoms with E-state index >= 15 is 0 Å². The maximum absolute atomic E-state index is 6.77. The van der Waals surface area contributed by atoms with Crippen LogP contribution in [0.5, 0.6) is 0 Å². The minimum atomic E-state index is 0.604. The molecule has 10 aromatic rings. The molecule has 230 valence electrons. The van der Waals surface area contributed by atoms with Crippen LogP contribution in [0.1, 0.15) is 0 Å². The highest BCUT2D eigenvalue weighted by Gasteiger charge is 2.20. The van der Waals surface area contributed by atoms with Crippen LogP contribution >= 0.6 is 34.3 Å². The SMILES string of the molecule is Clc1ccc(-c2nc(-c3ccccc3)nc(-c3ccc4sc5ccccc5c4c3)n2)c(-c2cccc3sc4cc5ccccc5cc4c23)c1. The Kier molecular flexibility index (Phi) is 6.59. The lowest BCUT2D eigenvalue weighted by Crippen LogP contribution is -2.01. The molecule has 0 fully saturated rings. The minimum Gasteiger partial charge on any atom is -0.208 e. The van der Waals surface area contributed by atoms with Crippen molar-refractivity contribution < 1.29 is 0 Å². The second-order valence-electron chi connectivity index (χ2n) is 12.1. The number of fused-ring (bicyclic) bond motifs is 7. The van der Waals surface area contributed by atoms with Gasteiger partial charge in [0.25, 0.3) is 0 Å². The molecule has 10 rings (SSSR count). The fourth-order valence-corrected chi connectivity index (χ4v) is 9.30. The summed E-state index contributed by atoms with van der Waals surface area (Å²) in [6, 6.07) is 50.9. The van der Waals surface area contributed by atoms with Gasteiger partial charge < -0.3 is 0 Å². The predicted molar refractivity (Wildman–Crippen MR) is 210 cm³/mol. The van der Waals surface area contributed by atoms with Crippen LogP contribution in [0.3, 0.4) is 0 Å². The molecule has 0 aliphatic carbocycles. The highest BCUT2D eigenvalue weighted by Crippen LogP contribution is 2.44.